The summed E-state index contributed by atoms with van der Waals surface area (Å²) >= 11 is 5.83. The van der Waals surface area contributed by atoms with Gasteiger partial charge in [-0.2, -0.15) is 0 Å². The number of hydrogen-bond donors (Lipinski definition) is 0. The molecule has 3 heterocycles. The number of benzene rings is 2. The number of thiophene rings is 3. The Morgan fingerprint density at radius 1 is 0.486 bits per heavy atom. The molecule has 5 aromatic rings. The smallest absolute Gasteiger partial charge is 0.0455 e. The van der Waals surface area contributed by atoms with Gasteiger partial charge in [-0.05, 0) is 97.8 Å². The highest BCUT2D eigenvalue weighted by molar-refractivity contribution is 7.17. The molecule has 7 rings (SSSR count). The van der Waals surface area contributed by atoms with Gasteiger partial charge in [-0.1, -0.05) is 35.4 Å². The third-order valence-electron chi connectivity index (χ3n) is 7.54. The first-order valence-corrected chi connectivity index (χ1v) is 14.7. The minimum Gasteiger partial charge on any atom is -0.143 e. The first-order valence-electron chi connectivity index (χ1n) is 12.1. The minimum absolute atomic E-state index is 1.34. The van der Waals surface area contributed by atoms with E-state index in [1.54, 1.807) is 0 Å². The highest BCUT2D eigenvalue weighted by atomic mass is 32.1. The zero-order chi connectivity index (χ0) is 24.2. The van der Waals surface area contributed by atoms with Gasteiger partial charge in [0.05, 0.1) is 0 Å². The van der Waals surface area contributed by atoms with Crippen LogP contribution in [0.25, 0.3) is 32.0 Å². The predicted octanol–water partition coefficient (Wildman–Crippen LogP) is 8.18. The molecule has 35 heavy (non-hydrogen) atoms. The summed E-state index contributed by atoms with van der Waals surface area (Å²) in [5, 5.41) is 4.55. The van der Waals surface area contributed by atoms with Gasteiger partial charge in [0.15, 0.2) is 0 Å². The van der Waals surface area contributed by atoms with Crippen molar-refractivity contribution >= 4 is 45.2 Å². The Bertz CT molecular complexity index is 1670. The van der Waals surface area contributed by atoms with Crippen LogP contribution in [0.15, 0.2) is 47.2 Å². The molecule has 2 aliphatic carbocycles. The molecule has 0 fully saturated rings. The molecule has 2 aromatic carbocycles. The summed E-state index contributed by atoms with van der Waals surface area (Å²) < 4.78 is 2.93. The van der Waals surface area contributed by atoms with Gasteiger partial charge in [0.25, 0.3) is 0 Å². The zero-order valence-corrected chi connectivity index (χ0v) is 23.3. The Hall–Kier alpha value is -2.72. The lowest BCUT2D eigenvalue weighted by molar-refractivity contribution is 1.29. The van der Waals surface area contributed by atoms with E-state index in [0.717, 1.165) is 0 Å². The van der Waals surface area contributed by atoms with E-state index >= 15 is 0 Å². The van der Waals surface area contributed by atoms with Crippen LogP contribution >= 0.6 is 34.0 Å². The van der Waals surface area contributed by atoms with Gasteiger partial charge in [0.2, 0.25) is 0 Å². The summed E-state index contributed by atoms with van der Waals surface area (Å²) in [5.41, 5.74) is 19.7. The molecular weight excluding hydrogens is 481 g/mol. The highest BCUT2D eigenvalue weighted by Gasteiger charge is 2.35. The van der Waals surface area contributed by atoms with Crippen LogP contribution in [0.2, 0.25) is 0 Å². The van der Waals surface area contributed by atoms with Gasteiger partial charge in [-0.25, -0.2) is 0 Å². The van der Waals surface area contributed by atoms with Gasteiger partial charge in [0, 0.05) is 52.2 Å². The van der Waals surface area contributed by atoms with Crippen molar-refractivity contribution in [3.63, 3.8) is 0 Å². The van der Waals surface area contributed by atoms with Crippen LogP contribution in [-0.4, -0.2) is 0 Å². The maximum Gasteiger partial charge on any atom is 0.0455 e. The van der Waals surface area contributed by atoms with Gasteiger partial charge in [-0.15, -0.1) is 34.0 Å². The van der Waals surface area contributed by atoms with Crippen molar-refractivity contribution in [2.24, 2.45) is 0 Å². The molecule has 2 aliphatic rings. The van der Waals surface area contributed by atoms with Crippen LogP contribution < -0.4 is 9.06 Å². The van der Waals surface area contributed by atoms with Crippen molar-refractivity contribution in [2.75, 3.05) is 0 Å². The molecule has 3 heteroatoms. The van der Waals surface area contributed by atoms with Gasteiger partial charge >= 0.3 is 0 Å². The summed E-state index contributed by atoms with van der Waals surface area (Å²) in [4.78, 5) is 2.90. The number of hydrogen-bond acceptors (Lipinski definition) is 3. The second-order valence-corrected chi connectivity index (χ2v) is 13.0. The molecule has 0 amide bonds. The summed E-state index contributed by atoms with van der Waals surface area (Å²) in [6.07, 6.45) is 0. The molecule has 0 radical (unpaired) electrons. The summed E-state index contributed by atoms with van der Waals surface area (Å²) in [6.45, 7) is 13.5. The van der Waals surface area contributed by atoms with Crippen molar-refractivity contribution in [2.45, 2.75) is 41.5 Å². The third kappa shape index (κ3) is 2.83. The average molecular weight is 507 g/mol. The summed E-state index contributed by atoms with van der Waals surface area (Å²) in [5.74, 6) is 0. The van der Waals surface area contributed by atoms with Crippen molar-refractivity contribution < 1.29 is 0 Å². The van der Waals surface area contributed by atoms with Gasteiger partial charge in [-0.3, -0.25) is 0 Å². The quantitative estimate of drug-likeness (QED) is 0.222. The van der Waals surface area contributed by atoms with E-state index in [2.05, 4.69) is 88.7 Å². The number of rotatable bonds is 2. The Balaban J connectivity index is 1.67. The first kappa shape index (κ1) is 21.6. The monoisotopic (exact) mass is 506 g/mol. The molecule has 0 atom stereocenters. The van der Waals surface area contributed by atoms with Crippen LogP contribution in [0.5, 0.6) is 0 Å². The molecular formula is C32H26S3. The number of fused-ring (bicyclic) bond motifs is 7. The largest absolute Gasteiger partial charge is 0.143 e. The van der Waals surface area contributed by atoms with E-state index < -0.39 is 0 Å². The predicted molar refractivity (Wildman–Crippen MR) is 155 cm³/mol. The van der Waals surface area contributed by atoms with Crippen LogP contribution in [0.1, 0.15) is 55.6 Å². The fourth-order valence-electron chi connectivity index (χ4n) is 6.51. The van der Waals surface area contributed by atoms with Gasteiger partial charge < -0.3 is 0 Å². The topological polar surface area (TPSA) is 0 Å². The maximum absolute atomic E-state index is 2.34. The maximum atomic E-state index is 2.34. The molecule has 0 unspecified atom stereocenters. The third-order valence-corrected chi connectivity index (χ3v) is 10.6. The zero-order valence-electron chi connectivity index (χ0n) is 20.8. The minimum atomic E-state index is 1.34. The van der Waals surface area contributed by atoms with Crippen molar-refractivity contribution in [1.29, 1.82) is 0 Å². The van der Waals surface area contributed by atoms with Gasteiger partial charge in [0.1, 0.15) is 0 Å². The molecule has 0 nitrogen and oxygen atoms in total. The molecule has 0 spiro atoms. The molecule has 3 aromatic heterocycles. The van der Waals surface area contributed by atoms with Crippen molar-refractivity contribution in [3.05, 3.63) is 112 Å². The van der Waals surface area contributed by atoms with Crippen LogP contribution in [0.3, 0.4) is 0 Å². The normalized spacial score (nSPS) is 13.3. The van der Waals surface area contributed by atoms with E-state index in [9.17, 15) is 0 Å². The molecule has 172 valence electrons. The summed E-state index contributed by atoms with van der Waals surface area (Å²) in [7, 11) is 0. The summed E-state index contributed by atoms with van der Waals surface area (Å²) in [6, 6.07) is 14.1. The second-order valence-electron chi connectivity index (χ2n) is 10.1. The van der Waals surface area contributed by atoms with E-state index in [0.29, 0.717) is 0 Å². The Labute approximate surface area is 218 Å². The lowest BCUT2D eigenvalue weighted by Crippen LogP contribution is -2.07. The second kappa shape index (κ2) is 7.39. The lowest BCUT2D eigenvalue weighted by atomic mass is 9.92. The SMILES string of the molecule is Cc1cc(C)c(C2=c3sc4c(c3-c3sccc32)-c2sccc2C=4c2c(C)cc(C)cc2C)c(C)c1. The molecule has 0 bridgehead atoms. The Morgan fingerprint density at radius 2 is 0.857 bits per heavy atom. The van der Waals surface area contributed by atoms with E-state index in [4.69, 9.17) is 0 Å². The van der Waals surface area contributed by atoms with E-state index in [1.807, 2.05) is 34.0 Å². The van der Waals surface area contributed by atoms with Crippen molar-refractivity contribution in [1.82, 2.24) is 0 Å². The fourth-order valence-corrected chi connectivity index (χ4v) is 10.00. The van der Waals surface area contributed by atoms with E-state index in [-0.39, 0.29) is 0 Å². The standard InChI is InChI=1S/C32H26S3/c1-15-11-17(3)23(18(4)12-15)25-21-7-9-33-29(21)27-28-30-22(8-10-34-30)26(32(28)35-31(25)27)24-19(5)13-16(2)14-20(24)6/h7-14H,1-6H3. The van der Waals surface area contributed by atoms with E-state index in [1.165, 1.54) is 96.7 Å². The Kier molecular flexibility index (Phi) is 4.55. The number of aryl methyl sites for hydroxylation is 6. The average Bonchev–Trinajstić information content (AvgIpc) is 3.54. The van der Waals surface area contributed by atoms with Crippen LogP contribution in [-0.2, 0) is 0 Å². The molecule has 0 aliphatic heterocycles. The first-order chi connectivity index (χ1) is 16.8. The molecule has 0 saturated heterocycles. The van der Waals surface area contributed by atoms with Crippen molar-refractivity contribution in [3.8, 4) is 20.9 Å². The fraction of sp³-hybridized carbons (Fsp3) is 0.188. The lowest BCUT2D eigenvalue weighted by Gasteiger charge is -2.13. The van der Waals surface area contributed by atoms with Crippen LogP contribution in [0, 0.1) is 41.5 Å². The highest BCUT2D eigenvalue weighted by Crippen LogP contribution is 2.50. The van der Waals surface area contributed by atoms with Crippen LogP contribution in [0.4, 0.5) is 0 Å². The molecule has 0 saturated carbocycles. The molecule has 0 N–H and O–H groups in total. The Morgan fingerprint density at radius 3 is 1.23 bits per heavy atom.